The third kappa shape index (κ3) is 8.80. The molecule has 6 heterocycles. The van der Waals surface area contributed by atoms with E-state index in [1.54, 1.807) is 65.2 Å². The van der Waals surface area contributed by atoms with Gasteiger partial charge in [0.15, 0.2) is 11.6 Å². The van der Waals surface area contributed by atoms with Gasteiger partial charge in [-0.3, -0.25) is 23.5 Å². The van der Waals surface area contributed by atoms with Gasteiger partial charge in [0, 0.05) is 61.2 Å². The number of halogens is 2. The monoisotopic (exact) mass is 780 g/mol. The molecule has 0 amide bonds. The summed E-state index contributed by atoms with van der Waals surface area (Å²) < 4.78 is 46.0. The van der Waals surface area contributed by atoms with Gasteiger partial charge in [-0.2, -0.15) is 0 Å². The maximum absolute atomic E-state index is 13.3. The van der Waals surface area contributed by atoms with Gasteiger partial charge in [-0.05, 0) is 85.6 Å². The molecule has 2 saturated heterocycles. The molecule has 292 valence electrons. The summed E-state index contributed by atoms with van der Waals surface area (Å²) in [5.41, 5.74) is 3.49. The third-order valence-electron chi connectivity index (χ3n) is 10.2. The molecule has 10 rings (SSSR count). The summed E-state index contributed by atoms with van der Waals surface area (Å²) in [5, 5.41) is 1.00. The van der Waals surface area contributed by atoms with Crippen molar-refractivity contribution in [3.8, 4) is 23.7 Å². The van der Waals surface area contributed by atoms with Crippen LogP contribution < -0.4 is 11.1 Å². The lowest BCUT2D eigenvalue weighted by atomic mass is 10.0. The first-order chi connectivity index (χ1) is 28.2. The fraction of sp³-hybridized carbons (Fsp3) is 0.283. The van der Waals surface area contributed by atoms with Crippen LogP contribution in [0.15, 0.2) is 94.5 Å². The van der Waals surface area contributed by atoms with Crippen molar-refractivity contribution in [3.63, 3.8) is 0 Å². The lowest BCUT2D eigenvalue weighted by molar-refractivity contribution is -0.178. The molecular formula is C46H38F2N4O6. The number of aryl methyl sites for hydroxylation is 2. The third-order valence-corrected chi connectivity index (χ3v) is 10.2. The highest BCUT2D eigenvalue weighted by molar-refractivity contribution is 5.83. The standard InChI is InChI=1S/C22H17FN2O3.C20H13FN2O2.C4H8O/c23-17-3-1-2-15(12-17)4-5-16-6-7-18-19(13-16)24-20-8-9-22(27-10-11-28-22)14-25(20)21(18)26;21-15-3-1-2-13(10-15)4-5-14-6-8-17-18(11-14)22-19-9-7-16(24)12-23(19)20(17)25;1-2-4-5-3-1/h1-3,6-7,12-13H,8-11,14H2;1-3,6,8,10-11H,7,9,12H2;1-4H2. The largest absolute Gasteiger partial charge is 0.381 e. The Hall–Kier alpha value is -6.31. The minimum atomic E-state index is -0.692. The fourth-order valence-electron chi connectivity index (χ4n) is 7.19. The predicted octanol–water partition coefficient (Wildman–Crippen LogP) is 5.87. The summed E-state index contributed by atoms with van der Waals surface area (Å²) in [4.78, 5) is 46.3. The van der Waals surface area contributed by atoms with Crippen molar-refractivity contribution in [1.29, 1.82) is 0 Å². The number of ether oxygens (including phenoxy) is 3. The van der Waals surface area contributed by atoms with Gasteiger partial charge in [-0.15, -0.1) is 0 Å². The first kappa shape index (κ1) is 38.6. The first-order valence-electron chi connectivity index (χ1n) is 19.2. The zero-order valence-corrected chi connectivity index (χ0v) is 31.6. The zero-order valence-electron chi connectivity index (χ0n) is 31.6. The fourth-order valence-corrected chi connectivity index (χ4v) is 7.19. The van der Waals surface area contributed by atoms with Gasteiger partial charge in [0.05, 0.1) is 48.1 Å². The molecule has 1 spiro atoms. The van der Waals surface area contributed by atoms with E-state index in [4.69, 9.17) is 14.2 Å². The van der Waals surface area contributed by atoms with Crippen LogP contribution in [0.4, 0.5) is 8.78 Å². The number of fused-ring (bicyclic) bond motifs is 4. The highest BCUT2D eigenvalue weighted by Gasteiger charge is 2.41. The Kier molecular flexibility index (Phi) is 11.3. The Bertz CT molecular complexity index is 2790. The van der Waals surface area contributed by atoms with E-state index in [9.17, 15) is 23.2 Å². The Morgan fingerprint density at radius 3 is 1.62 bits per heavy atom. The van der Waals surface area contributed by atoms with Gasteiger partial charge in [0.2, 0.25) is 0 Å². The van der Waals surface area contributed by atoms with E-state index in [-0.39, 0.29) is 35.1 Å². The van der Waals surface area contributed by atoms with Crippen molar-refractivity contribution in [3.05, 3.63) is 151 Å². The number of benzene rings is 4. The first-order valence-corrected chi connectivity index (χ1v) is 19.2. The molecule has 2 fully saturated rings. The van der Waals surface area contributed by atoms with Crippen molar-refractivity contribution in [2.75, 3.05) is 26.4 Å². The molecule has 4 aliphatic heterocycles. The van der Waals surface area contributed by atoms with Gasteiger partial charge in [-0.25, -0.2) is 18.7 Å². The minimum absolute atomic E-state index is 0.0494. The van der Waals surface area contributed by atoms with Crippen LogP contribution in [0, 0.1) is 35.3 Å². The SMILES string of the molecule is C1CCOC1.O=C1CCc2nc3cc(C#Cc4cccc(F)c4)ccc3c(=O)n2C1.O=c1c2ccc(C#Cc3cccc(F)c3)cc2nc2n1CC1(CC2)OCCO1. The smallest absolute Gasteiger partial charge is 0.261 e. The van der Waals surface area contributed by atoms with Crippen LogP contribution in [0.5, 0.6) is 0 Å². The maximum atomic E-state index is 13.3. The van der Waals surface area contributed by atoms with Crippen molar-refractivity contribution in [2.24, 2.45) is 0 Å². The van der Waals surface area contributed by atoms with Crippen LogP contribution in [-0.4, -0.2) is 57.1 Å². The Balaban J connectivity index is 0.000000145. The van der Waals surface area contributed by atoms with E-state index in [0.29, 0.717) is 89.8 Å². The summed E-state index contributed by atoms with van der Waals surface area (Å²) >= 11 is 0. The minimum Gasteiger partial charge on any atom is -0.381 e. The second-order valence-corrected chi connectivity index (χ2v) is 14.3. The van der Waals surface area contributed by atoms with E-state index in [1.165, 1.54) is 41.7 Å². The number of carbonyl (C=O) groups excluding carboxylic acids is 1. The number of ketones is 1. The lowest BCUT2D eigenvalue weighted by Gasteiger charge is -2.33. The van der Waals surface area contributed by atoms with Gasteiger partial charge >= 0.3 is 0 Å². The van der Waals surface area contributed by atoms with E-state index in [1.807, 2.05) is 0 Å². The molecule has 6 aromatic rings. The summed E-state index contributed by atoms with van der Waals surface area (Å²) in [6, 6.07) is 22.7. The van der Waals surface area contributed by atoms with Crippen LogP contribution in [0.2, 0.25) is 0 Å². The molecule has 12 heteroatoms. The summed E-state index contributed by atoms with van der Waals surface area (Å²) in [6.07, 6.45) is 4.74. The number of Topliss-reactive ketones (excluding diaryl/α,β-unsaturated/α-hetero) is 1. The van der Waals surface area contributed by atoms with E-state index in [0.717, 1.165) is 24.6 Å². The highest BCUT2D eigenvalue weighted by Crippen LogP contribution is 2.31. The maximum Gasteiger partial charge on any atom is 0.261 e. The molecule has 4 aromatic carbocycles. The molecule has 10 nitrogen and oxygen atoms in total. The summed E-state index contributed by atoms with van der Waals surface area (Å²) in [7, 11) is 0. The van der Waals surface area contributed by atoms with Crippen molar-refractivity contribution in [2.45, 2.75) is 57.4 Å². The second kappa shape index (κ2) is 17.0. The Morgan fingerprint density at radius 2 is 1.10 bits per heavy atom. The van der Waals surface area contributed by atoms with Crippen LogP contribution in [0.25, 0.3) is 21.8 Å². The van der Waals surface area contributed by atoms with Gasteiger partial charge in [0.1, 0.15) is 23.3 Å². The average Bonchev–Trinajstić information content (AvgIpc) is 3.97. The van der Waals surface area contributed by atoms with E-state index < -0.39 is 5.79 Å². The van der Waals surface area contributed by atoms with Crippen molar-refractivity contribution in [1.82, 2.24) is 19.1 Å². The number of carbonyl (C=O) groups is 1. The zero-order chi connectivity index (χ0) is 40.1. The average molecular weight is 781 g/mol. The molecule has 4 aliphatic rings. The van der Waals surface area contributed by atoms with Gasteiger partial charge in [-0.1, -0.05) is 35.8 Å². The van der Waals surface area contributed by atoms with Crippen LogP contribution in [-0.2, 0) is 44.9 Å². The molecular weight excluding hydrogens is 743 g/mol. The summed E-state index contributed by atoms with van der Waals surface area (Å²) in [5.74, 6) is 11.9. The van der Waals surface area contributed by atoms with E-state index >= 15 is 0 Å². The highest BCUT2D eigenvalue weighted by atomic mass is 19.1. The van der Waals surface area contributed by atoms with Gasteiger partial charge < -0.3 is 14.2 Å². The molecule has 0 bridgehead atoms. The number of aromatic nitrogens is 4. The molecule has 0 N–H and O–H groups in total. The normalized spacial score (nSPS) is 16.1. The number of rotatable bonds is 0. The van der Waals surface area contributed by atoms with E-state index in [2.05, 4.69) is 33.6 Å². The molecule has 2 aromatic heterocycles. The van der Waals surface area contributed by atoms with Crippen LogP contribution in [0.3, 0.4) is 0 Å². The quantitative estimate of drug-likeness (QED) is 0.176. The topological polar surface area (TPSA) is 115 Å². The summed E-state index contributed by atoms with van der Waals surface area (Å²) in [6.45, 7) is 3.57. The van der Waals surface area contributed by atoms with Crippen LogP contribution >= 0.6 is 0 Å². The predicted molar refractivity (Wildman–Crippen MR) is 213 cm³/mol. The van der Waals surface area contributed by atoms with Crippen LogP contribution in [0.1, 0.15) is 59.6 Å². The second-order valence-electron chi connectivity index (χ2n) is 14.3. The molecule has 0 atom stereocenters. The lowest BCUT2D eigenvalue weighted by Crippen LogP contribution is -2.45. The van der Waals surface area contributed by atoms with Crippen molar-refractivity contribution < 1.29 is 27.8 Å². The molecule has 58 heavy (non-hydrogen) atoms. The Morgan fingerprint density at radius 1 is 0.586 bits per heavy atom. The number of hydrogen-bond acceptors (Lipinski definition) is 8. The Labute approximate surface area is 332 Å². The molecule has 0 saturated carbocycles. The molecule has 0 aliphatic carbocycles. The number of hydrogen-bond donors (Lipinski definition) is 0. The molecule has 0 unspecified atom stereocenters. The van der Waals surface area contributed by atoms with Crippen molar-refractivity contribution >= 4 is 27.6 Å². The molecule has 0 radical (unpaired) electrons. The van der Waals surface area contributed by atoms with Gasteiger partial charge in [0.25, 0.3) is 11.1 Å². The number of nitrogens with zero attached hydrogens (tertiary/aromatic N) is 4.